The molecule has 3 aromatic rings. The van der Waals surface area contributed by atoms with Crippen molar-refractivity contribution in [1.82, 2.24) is 9.78 Å². The van der Waals surface area contributed by atoms with Gasteiger partial charge < -0.3 is 14.9 Å². The Morgan fingerprint density at radius 1 is 1.24 bits per heavy atom. The van der Waals surface area contributed by atoms with E-state index in [1.165, 1.54) is 4.68 Å². The lowest BCUT2D eigenvalue weighted by atomic mass is 10.0. The lowest BCUT2D eigenvalue weighted by Crippen LogP contribution is -2.16. The summed E-state index contributed by atoms with van der Waals surface area (Å²) in [6, 6.07) is 16.4. The first-order valence-electron chi connectivity index (χ1n) is 9.02. The van der Waals surface area contributed by atoms with Crippen molar-refractivity contribution < 1.29 is 14.4 Å². The minimum absolute atomic E-state index is 0.199. The molecule has 1 N–H and O–H groups in total. The molecule has 148 valence electrons. The van der Waals surface area contributed by atoms with E-state index >= 15 is 0 Å². The van der Waals surface area contributed by atoms with Crippen molar-refractivity contribution in [3.63, 3.8) is 0 Å². The van der Waals surface area contributed by atoms with Crippen LogP contribution in [0.1, 0.15) is 34.3 Å². The number of para-hydroxylation sites is 2. The summed E-state index contributed by atoms with van der Waals surface area (Å²) in [5, 5.41) is 12.1. The molecule has 1 amide bonds. The molecule has 29 heavy (non-hydrogen) atoms. The van der Waals surface area contributed by atoms with Crippen molar-refractivity contribution >= 4 is 28.9 Å². The summed E-state index contributed by atoms with van der Waals surface area (Å²) < 4.78 is 6.80. The second kappa shape index (κ2) is 7.97. The predicted molar refractivity (Wildman–Crippen MR) is 111 cm³/mol. The number of carbonyl (C=O) groups excluding carboxylic acids is 1. The zero-order valence-corrected chi connectivity index (χ0v) is 16.7. The largest absolute Gasteiger partial charge is 0.495 e. The number of anilines is 1. The first-order valence-corrected chi connectivity index (χ1v) is 9.40. The van der Waals surface area contributed by atoms with Gasteiger partial charge in [-0.3, -0.25) is 9.48 Å². The Labute approximate surface area is 172 Å². The molecule has 0 fully saturated rings. The maximum atomic E-state index is 12.7. The first kappa shape index (κ1) is 19.0. The Balaban J connectivity index is 1.49. The fraction of sp³-hybridized carbons (Fsp3) is 0.190. The fourth-order valence-electron chi connectivity index (χ4n) is 3.14. The molecule has 0 saturated heterocycles. The number of rotatable bonds is 5. The predicted octanol–water partition coefficient (Wildman–Crippen LogP) is 4.20. The Morgan fingerprint density at radius 3 is 2.76 bits per heavy atom. The minimum Gasteiger partial charge on any atom is -0.495 e. The Bertz CT molecular complexity index is 1080. The van der Waals surface area contributed by atoms with Crippen LogP contribution < -0.4 is 10.1 Å². The number of halogens is 1. The molecule has 0 radical (unpaired) electrons. The van der Waals surface area contributed by atoms with Gasteiger partial charge in [0.15, 0.2) is 6.10 Å². The van der Waals surface area contributed by atoms with Gasteiger partial charge in [0.1, 0.15) is 22.8 Å². The molecule has 0 saturated carbocycles. The second-order valence-corrected chi connectivity index (χ2v) is 7.02. The molecule has 7 nitrogen and oxygen atoms in total. The summed E-state index contributed by atoms with van der Waals surface area (Å²) in [4.78, 5) is 18.3. The van der Waals surface area contributed by atoms with Crippen LogP contribution in [0.15, 0.2) is 59.8 Å². The van der Waals surface area contributed by atoms with Crippen LogP contribution in [-0.4, -0.2) is 28.5 Å². The molecular formula is C21H19ClN4O3. The highest BCUT2D eigenvalue weighted by atomic mass is 35.5. The molecule has 2 heterocycles. The molecule has 1 aliphatic heterocycles. The third-order valence-corrected chi connectivity index (χ3v) is 4.93. The molecule has 1 unspecified atom stereocenters. The van der Waals surface area contributed by atoms with Crippen LogP contribution in [0.3, 0.4) is 0 Å². The van der Waals surface area contributed by atoms with Gasteiger partial charge in [0.25, 0.3) is 5.91 Å². The number of nitrogens with one attached hydrogen (secondary N) is 1. The number of benzene rings is 2. The quantitative estimate of drug-likeness (QED) is 0.683. The van der Waals surface area contributed by atoms with Gasteiger partial charge in [-0.15, -0.1) is 0 Å². The summed E-state index contributed by atoms with van der Waals surface area (Å²) in [5.74, 6) is 0.298. The van der Waals surface area contributed by atoms with Crippen molar-refractivity contribution in [2.24, 2.45) is 12.2 Å². The Morgan fingerprint density at radius 2 is 2.00 bits per heavy atom. The number of hydrogen-bond acceptors (Lipinski definition) is 5. The lowest BCUT2D eigenvalue weighted by molar-refractivity contribution is 0.0857. The van der Waals surface area contributed by atoms with Crippen molar-refractivity contribution in [2.45, 2.75) is 12.5 Å². The highest BCUT2D eigenvalue weighted by molar-refractivity contribution is 6.30. The Hall–Kier alpha value is -3.32. The highest BCUT2D eigenvalue weighted by Crippen LogP contribution is 2.30. The van der Waals surface area contributed by atoms with Gasteiger partial charge in [-0.2, -0.15) is 5.10 Å². The summed E-state index contributed by atoms with van der Waals surface area (Å²) in [6.07, 6.45) is 0.363. The highest BCUT2D eigenvalue weighted by Gasteiger charge is 2.27. The van der Waals surface area contributed by atoms with Crippen LogP contribution in [0, 0.1) is 0 Å². The normalized spacial score (nSPS) is 15.6. The van der Waals surface area contributed by atoms with E-state index in [0.29, 0.717) is 40.0 Å². The van der Waals surface area contributed by atoms with Crippen LogP contribution in [-0.2, 0) is 11.9 Å². The van der Waals surface area contributed by atoms with Gasteiger partial charge in [0.05, 0.1) is 12.8 Å². The van der Waals surface area contributed by atoms with Crippen molar-refractivity contribution in [3.05, 3.63) is 76.6 Å². The van der Waals surface area contributed by atoms with E-state index in [4.69, 9.17) is 21.2 Å². The second-order valence-electron chi connectivity index (χ2n) is 6.58. The third-order valence-electron chi connectivity index (χ3n) is 4.67. The summed E-state index contributed by atoms with van der Waals surface area (Å²) in [6.45, 7) is 0. The summed E-state index contributed by atoms with van der Waals surface area (Å²) >= 11 is 5.94. The molecular weight excluding hydrogens is 392 g/mol. The van der Waals surface area contributed by atoms with E-state index in [-0.39, 0.29) is 12.0 Å². The fourth-order valence-corrected chi connectivity index (χ4v) is 3.27. The number of carbonyl (C=O) groups is 1. The number of aryl methyl sites for hydroxylation is 1. The van der Waals surface area contributed by atoms with Gasteiger partial charge in [-0.25, -0.2) is 0 Å². The molecule has 4 rings (SSSR count). The van der Waals surface area contributed by atoms with Gasteiger partial charge in [-0.05, 0) is 35.9 Å². The molecule has 2 aromatic carbocycles. The SMILES string of the molecule is COc1ccccc1NC(=O)c1cc(C2=NOC(c3ccc(Cl)cc3)C2)nn1C. The molecule has 1 atom stereocenters. The summed E-state index contributed by atoms with van der Waals surface area (Å²) in [7, 11) is 3.27. The third kappa shape index (κ3) is 3.95. The molecule has 0 bridgehead atoms. The van der Waals surface area contributed by atoms with E-state index in [9.17, 15) is 4.79 Å². The molecule has 8 heteroatoms. The van der Waals surface area contributed by atoms with Gasteiger partial charge in [-0.1, -0.05) is 41.0 Å². The summed E-state index contributed by atoms with van der Waals surface area (Å²) in [5.41, 5.74) is 3.28. The monoisotopic (exact) mass is 410 g/mol. The van der Waals surface area contributed by atoms with E-state index in [1.54, 1.807) is 32.4 Å². The lowest BCUT2D eigenvalue weighted by Gasteiger charge is -2.09. The van der Waals surface area contributed by atoms with Crippen LogP contribution in [0.5, 0.6) is 5.75 Å². The standard InChI is InChI=1S/C21H19ClN4O3/c1-26-18(21(27)23-15-5-3-4-6-19(15)28-2)11-16(24-26)17-12-20(29-25-17)13-7-9-14(22)10-8-13/h3-11,20H,12H2,1-2H3,(H,23,27). The number of hydrogen-bond donors (Lipinski definition) is 1. The van der Waals surface area contributed by atoms with Crippen LogP contribution in [0.25, 0.3) is 0 Å². The van der Waals surface area contributed by atoms with E-state index in [1.807, 2.05) is 36.4 Å². The number of ether oxygens (including phenoxy) is 1. The topological polar surface area (TPSA) is 77.7 Å². The smallest absolute Gasteiger partial charge is 0.274 e. The number of nitrogens with zero attached hydrogens (tertiary/aromatic N) is 3. The number of amides is 1. The van der Waals surface area contributed by atoms with Crippen molar-refractivity contribution in [1.29, 1.82) is 0 Å². The number of aromatic nitrogens is 2. The van der Waals surface area contributed by atoms with Crippen molar-refractivity contribution in [2.75, 3.05) is 12.4 Å². The van der Waals surface area contributed by atoms with Crippen LogP contribution in [0.4, 0.5) is 5.69 Å². The molecule has 1 aliphatic rings. The van der Waals surface area contributed by atoms with Gasteiger partial charge in [0, 0.05) is 18.5 Å². The number of oxime groups is 1. The average Bonchev–Trinajstić information content (AvgIpc) is 3.36. The van der Waals surface area contributed by atoms with E-state index in [2.05, 4.69) is 15.6 Å². The maximum absolute atomic E-state index is 12.7. The van der Waals surface area contributed by atoms with Gasteiger partial charge >= 0.3 is 0 Å². The van der Waals surface area contributed by atoms with E-state index in [0.717, 1.165) is 5.56 Å². The van der Waals surface area contributed by atoms with Crippen LogP contribution >= 0.6 is 11.6 Å². The molecule has 0 spiro atoms. The van der Waals surface area contributed by atoms with Gasteiger partial charge in [0.2, 0.25) is 0 Å². The Kier molecular flexibility index (Phi) is 5.22. The van der Waals surface area contributed by atoms with E-state index < -0.39 is 0 Å². The zero-order chi connectivity index (χ0) is 20.4. The first-order chi connectivity index (χ1) is 14.0. The number of methoxy groups -OCH3 is 1. The maximum Gasteiger partial charge on any atom is 0.274 e. The average molecular weight is 411 g/mol. The van der Waals surface area contributed by atoms with Crippen molar-refractivity contribution in [3.8, 4) is 5.75 Å². The van der Waals surface area contributed by atoms with Crippen LogP contribution in [0.2, 0.25) is 5.02 Å². The minimum atomic E-state index is -0.287. The molecule has 0 aliphatic carbocycles. The zero-order valence-electron chi connectivity index (χ0n) is 15.9. The molecule has 1 aromatic heterocycles.